The molecule has 0 bridgehead atoms. The largest absolute Gasteiger partial charge is 3.00 e. The minimum absolute atomic E-state index is 0. The number of rotatable bonds is 0. The number of aryl methyl sites for hydroxylation is 2. The second kappa shape index (κ2) is 11.3. The second-order valence-corrected chi connectivity index (χ2v) is 5.02. The van der Waals surface area contributed by atoms with Crippen LogP contribution in [0.25, 0.3) is 0 Å². The number of halogens is 2. The fourth-order valence-corrected chi connectivity index (χ4v) is 3.08. The molecule has 2 aliphatic rings. The van der Waals surface area contributed by atoms with Crippen LogP contribution < -0.4 is 24.8 Å². The Morgan fingerprint density at radius 1 is 0.952 bits per heavy atom. The molecule has 1 radical (unpaired) electrons. The third kappa shape index (κ3) is 6.13. The van der Waals surface area contributed by atoms with Crippen LogP contribution in [-0.2, 0) is 52.2 Å². The first kappa shape index (κ1) is 22.9. The van der Waals surface area contributed by atoms with Gasteiger partial charge in [0.15, 0.2) is 0 Å². The van der Waals surface area contributed by atoms with Gasteiger partial charge in [0.1, 0.15) is 0 Å². The van der Waals surface area contributed by atoms with Gasteiger partial charge in [-0.2, -0.15) is 28.3 Å². The van der Waals surface area contributed by atoms with Gasteiger partial charge in [0.25, 0.3) is 0 Å². The summed E-state index contributed by atoms with van der Waals surface area (Å²) >= 11 is 0. The predicted octanol–water partition coefficient (Wildman–Crippen LogP) is -3.13. The summed E-state index contributed by atoms with van der Waals surface area (Å²) in [5.74, 6) is 0.227. The number of hydrogen-bond donors (Lipinski definition) is 1. The molecule has 3 rings (SSSR count). The van der Waals surface area contributed by atoms with Crippen LogP contribution in [0.4, 0.5) is 0 Å². The van der Waals surface area contributed by atoms with Crippen molar-refractivity contribution >= 4 is 5.97 Å². The van der Waals surface area contributed by atoms with Crippen LogP contribution in [0.3, 0.4) is 0 Å². The van der Waals surface area contributed by atoms with Crippen molar-refractivity contribution in [1.82, 2.24) is 0 Å². The molecule has 113 valence electrons. The summed E-state index contributed by atoms with van der Waals surface area (Å²) in [5, 5.41) is 7.49. The van der Waals surface area contributed by atoms with Gasteiger partial charge in [-0.05, 0) is 0 Å². The molecule has 0 aromatic heterocycles. The molecule has 0 saturated heterocycles. The van der Waals surface area contributed by atoms with E-state index < -0.39 is 5.97 Å². The molecule has 1 aromatic carbocycles. The van der Waals surface area contributed by atoms with Crippen molar-refractivity contribution in [3.05, 3.63) is 28.3 Å². The number of carboxylic acids is 1. The predicted molar refractivity (Wildman–Crippen MR) is 71.8 cm³/mol. The van der Waals surface area contributed by atoms with Crippen molar-refractivity contribution in [3.8, 4) is 12.3 Å². The number of carbonyl (C=O) groups is 1. The van der Waals surface area contributed by atoms with E-state index in [-0.39, 0.29) is 46.5 Å². The fourth-order valence-electron chi connectivity index (χ4n) is 3.08. The van der Waals surface area contributed by atoms with Gasteiger partial charge >= 0.3 is 27.7 Å². The summed E-state index contributed by atoms with van der Waals surface area (Å²) in [6, 6.07) is 2.52. The van der Waals surface area contributed by atoms with Crippen molar-refractivity contribution in [1.29, 1.82) is 0 Å². The quantitative estimate of drug-likeness (QED) is 0.301. The van der Waals surface area contributed by atoms with Crippen molar-refractivity contribution < 1.29 is 56.4 Å². The monoisotopic (exact) mass is 361 g/mol. The van der Waals surface area contributed by atoms with Crippen LogP contribution >= 0.6 is 0 Å². The molecule has 0 heterocycles. The van der Waals surface area contributed by atoms with Crippen LogP contribution in [0.5, 0.6) is 0 Å². The maximum Gasteiger partial charge on any atom is 3.00 e. The van der Waals surface area contributed by atoms with Crippen LogP contribution in [0.1, 0.15) is 47.9 Å². The summed E-state index contributed by atoms with van der Waals surface area (Å²) in [4.78, 5) is 9.13. The van der Waals surface area contributed by atoms with Gasteiger partial charge in [0.05, 0.1) is 0 Å². The van der Waals surface area contributed by atoms with E-state index in [9.17, 15) is 0 Å². The topological polar surface area (TPSA) is 37.3 Å². The van der Waals surface area contributed by atoms with Gasteiger partial charge in [0, 0.05) is 5.92 Å². The summed E-state index contributed by atoms with van der Waals surface area (Å²) in [6.45, 7) is 0. The molecule has 0 unspecified atom stereocenters. The zero-order chi connectivity index (χ0) is 13.0. The fraction of sp³-hybridized carbons (Fsp3) is 0.500. The van der Waals surface area contributed by atoms with Gasteiger partial charge in [0.2, 0.25) is 0 Å². The van der Waals surface area contributed by atoms with Crippen LogP contribution in [0, 0.1) is 12.3 Å². The molecule has 0 saturated carbocycles. The Balaban J connectivity index is 0. The molecule has 1 aromatic rings. The number of aliphatic carboxylic acids is 1. The van der Waals surface area contributed by atoms with Gasteiger partial charge in [-0.1, -0.05) is 51.4 Å². The molecular formula is C16H19Cl2O2Ti. The van der Waals surface area contributed by atoms with Crippen molar-refractivity contribution in [3.63, 3.8) is 0 Å². The Morgan fingerprint density at radius 2 is 1.29 bits per heavy atom. The third-order valence-electron chi connectivity index (χ3n) is 3.86. The van der Waals surface area contributed by atoms with Crippen molar-refractivity contribution in [2.45, 2.75) is 51.4 Å². The summed E-state index contributed by atoms with van der Waals surface area (Å²) in [6.07, 6.45) is 15.5. The molecule has 0 spiro atoms. The van der Waals surface area contributed by atoms with Crippen molar-refractivity contribution in [2.24, 2.45) is 0 Å². The Labute approximate surface area is 154 Å². The van der Waals surface area contributed by atoms with E-state index in [1.54, 1.807) is 22.3 Å². The van der Waals surface area contributed by atoms with E-state index in [1.165, 1.54) is 57.3 Å². The molecule has 5 heteroatoms. The smallest absolute Gasteiger partial charge is 1.00 e. The van der Waals surface area contributed by atoms with E-state index >= 15 is 0 Å². The Bertz CT molecular complexity index is 459. The van der Waals surface area contributed by atoms with E-state index in [0.29, 0.717) is 0 Å². The first-order valence-electron chi connectivity index (χ1n) is 6.71. The second-order valence-electron chi connectivity index (χ2n) is 5.02. The summed E-state index contributed by atoms with van der Waals surface area (Å²) in [7, 11) is 0. The first-order valence-corrected chi connectivity index (χ1v) is 6.71. The van der Waals surface area contributed by atoms with E-state index in [1.807, 2.05) is 0 Å². The molecule has 2 nitrogen and oxygen atoms in total. The first-order chi connectivity index (χ1) is 8.72. The molecule has 0 amide bonds. The normalized spacial score (nSPS) is 14.2. The third-order valence-corrected chi connectivity index (χ3v) is 3.86. The molecular weight excluding hydrogens is 343 g/mol. The van der Waals surface area contributed by atoms with Crippen LogP contribution in [-0.4, -0.2) is 11.1 Å². The van der Waals surface area contributed by atoms with Gasteiger partial charge in [-0.15, -0.1) is 6.42 Å². The molecule has 1 N–H and O–H groups in total. The molecule has 21 heavy (non-hydrogen) atoms. The van der Waals surface area contributed by atoms with E-state index in [2.05, 4.69) is 12.5 Å². The molecule has 2 aliphatic carbocycles. The van der Waals surface area contributed by atoms with Gasteiger partial charge in [-0.3, -0.25) is 0 Å². The van der Waals surface area contributed by atoms with Crippen LogP contribution in [0.15, 0.2) is 6.07 Å². The molecule has 0 aliphatic heterocycles. The SMILES string of the molecule is C#CC(=O)O.[Cl-].[Cl-].[Ti+3].[cH-]1c2c(c3c1CCCC3)CCCC2. The Hall–Kier alpha value is -0.326. The summed E-state index contributed by atoms with van der Waals surface area (Å²) < 4.78 is 0. The number of fused-ring (bicyclic) bond motifs is 3. The van der Waals surface area contributed by atoms with Crippen LogP contribution in [0.2, 0.25) is 0 Å². The zero-order valence-corrected chi connectivity index (χ0v) is 15.0. The van der Waals surface area contributed by atoms with Gasteiger partial charge < -0.3 is 29.9 Å². The van der Waals surface area contributed by atoms with E-state index in [4.69, 9.17) is 9.90 Å². The van der Waals surface area contributed by atoms with E-state index in [0.717, 1.165) is 0 Å². The van der Waals surface area contributed by atoms with Gasteiger partial charge in [-0.25, -0.2) is 4.79 Å². The zero-order valence-electron chi connectivity index (χ0n) is 11.9. The number of hydrogen-bond acceptors (Lipinski definition) is 1. The molecule has 0 fully saturated rings. The molecule has 0 atom stereocenters. The average Bonchev–Trinajstić information content (AvgIpc) is 2.78. The Morgan fingerprint density at radius 3 is 1.62 bits per heavy atom. The Kier molecular flexibility index (Phi) is 12.3. The van der Waals surface area contributed by atoms with Crippen molar-refractivity contribution in [2.75, 3.05) is 0 Å². The minimum atomic E-state index is -1.22. The summed E-state index contributed by atoms with van der Waals surface area (Å²) in [5.41, 5.74) is 6.94. The standard InChI is InChI=1S/C13H17.C3H2O2.2ClH.Ti/c1-3-7-12-10(5-1)9-11-6-2-4-8-13(11)12;1-2-3(4)5;;;/h9H,1-8H2;1H,(H,4,5);2*1H;/q-1;;;;+3/p-2. The maximum atomic E-state index is 9.13. The maximum absolute atomic E-state index is 9.13. The average molecular weight is 362 g/mol. The number of carboxylic acid groups (broad SMARTS) is 1. The number of terminal acetylenes is 1. The minimum Gasteiger partial charge on any atom is -1.00 e.